The third kappa shape index (κ3) is 3.68. The van der Waals surface area contributed by atoms with Gasteiger partial charge in [-0.2, -0.15) is 0 Å². The van der Waals surface area contributed by atoms with Gasteiger partial charge in [0, 0.05) is 19.1 Å². The quantitative estimate of drug-likeness (QED) is 0.761. The maximum atomic E-state index is 12.4. The molecule has 0 aromatic carbocycles. The fourth-order valence-corrected chi connectivity index (χ4v) is 4.30. The number of carbonyl (C=O) groups is 1. The Balaban J connectivity index is 2.77. The Bertz CT molecular complexity index is 377. The van der Waals surface area contributed by atoms with Gasteiger partial charge in [0.1, 0.15) is 0 Å². The second-order valence-corrected chi connectivity index (χ2v) is 7.12. The van der Waals surface area contributed by atoms with Crippen molar-refractivity contribution in [2.24, 2.45) is 11.7 Å². The van der Waals surface area contributed by atoms with Crippen LogP contribution in [0.4, 0.5) is 0 Å². The van der Waals surface area contributed by atoms with Gasteiger partial charge in [0.25, 0.3) is 0 Å². The Kier molecular flexibility index (Phi) is 5.59. The molecule has 0 radical (unpaired) electrons. The minimum Gasteiger partial charge on any atom is -0.338 e. The van der Waals surface area contributed by atoms with Crippen LogP contribution in [-0.2, 0) is 14.6 Å². The molecule has 6 heteroatoms. The maximum Gasteiger partial charge on any atom is 0.227 e. The van der Waals surface area contributed by atoms with Crippen molar-refractivity contribution in [3.8, 4) is 0 Å². The lowest BCUT2D eigenvalue weighted by Crippen LogP contribution is -2.45. The molecule has 106 valence electrons. The molecule has 0 aliphatic carbocycles. The van der Waals surface area contributed by atoms with E-state index < -0.39 is 9.84 Å². The van der Waals surface area contributed by atoms with Crippen molar-refractivity contribution in [3.05, 3.63) is 0 Å². The molecule has 1 heterocycles. The summed E-state index contributed by atoms with van der Waals surface area (Å²) in [6.07, 6.45) is 2.21. The SMILES string of the molecule is CCC(CC)N(CCN)C(=O)C1CCS(=O)(=O)C1. The molecule has 1 amide bonds. The first-order valence-corrected chi connectivity index (χ1v) is 8.48. The van der Waals surface area contributed by atoms with Gasteiger partial charge >= 0.3 is 0 Å². The van der Waals surface area contributed by atoms with E-state index in [9.17, 15) is 13.2 Å². The fourth-order valence-electron chi connectivity index (χ4n) is 2.57. The van der Waals surface area contributed by atoms with Crippen molar-refractivity contribution in [2.75, 3.05) is 24.6 Å². The van der Waals surface area contributed by atoms with Crippen molar-refractivity contribution >= 4 is 15.7 Å². The zero-order valence-corrected chi connectivity index (χ0v) is 12.1. The zero-order valence-electron chi connectivity index (χ0n) is 11.3. The summed E-state index contributed by atoms with van der Waals surface area (Å²) in [6, 6.07) is 0.171. The van der Waals surface area contributed by atoms with Gasteiger partial charge in [-0.25, -0.2) is 8.42 Å². The largest absolute Gasteiger partial charge is 0.338 e. The predicted octanol–water partition coefficient (Wildman–Crippen LogP) is 0.397. The molecular weight excluding hydrogens is 252 g/mol. The lowest BCUT2D eigenvalue weighted by Gasteiger charge is -2.32. The molecule has 2 N–H and O–H groups in total. The summed E-state index contributed by atoms with van der Waals surface area (Å²) in [5.74, 6) is -0.243. The van der Waals surface area contributed by atoms with Gasteiger partial charge < -0.3 is 10.6 Å². The van der Waals surface area contributed by atoms with E-state index in [0.29, 0.717) is 19.5 Å². The molecule has 1 atom stereocenters. The number of carbonyl (C=O) groups excluding carboxylic acids is 1. The van der Waals surface area contributed by atoms with E-state index in [0.717, 1.165) is 12.8 Å². The van der Waals surface area contributed by atoms with Gasteiger partial charge in [0.2, 0.25) is 5.91 Å². The van der Waals surface area contributed by atoms with Crippen LogP contribution in [0.25, 0.3) is 0 Å². The minimum absolute atomic E-state index is 0.00700. The van der Waals surface area contributed by atoms with Crippen LogP contribution in [0, 0.1) is 5.92 Å². The first kappa shape index (κ1) is 15.4. The van der Waals surface area contributed by atoms with Gasteiger partial charge in [-0.3, -0.25) is 4.79 Å². The van der Waals surface area contributed by atoms with E-state index in [4.69, 9.17) is 5.73 Å². The first-order valence-electron chi connectivity index (χ1n) is 6.66. The van der Waals surface area contributed by atoms with Crippen LogP contribution in [0.1, 0.15) is 33.1 Å². The lowest BCUT2D eigenvalue weighted by molar-refractivity contribution is -0.137. The molecule has 1 aliphatic heterocycles. The van der Waals surface area contributed by atoms with Gasteiger partial charge in [-0.1, -0.05) is 13.8 Å². The molecule has 1 aliphatic rings. The van der Waals surface area contributed by atoms with E-state index in [2.05, 4.69) is 0 Å². The Labute approximate surface area is 110 Å². The van der Waals surface area contributed by atoms with E-state index in [-0.39, 0.29) is 29.4 Å². The average Bonchev–Trinajstić information content (AvgIpc) is 2.69. The molecule has 1 fully saturated rings. The minimum atomic E-state index is -3.01. The molecule has 0 saturated carbocycles. The highest BCUT2D eigenvalue weighted by atomic mass is 32.2. The molecule has 0 spiro atoms. The van der Waals surface area contributed by atoms with Crippen LogP contribution in [0.15, 0.2) is 0 Å². The Morgan fingerprint density at radius 3 is 2.39 bits per heavy atom. The van der Waals surface area contributed by atoms with Crippen molar-refractivity contribution in [1.82, 2.24) is 4.90 Å². The highest BCUT2D eigenvalue weighted by Crippen LogP contribution is 2.22. The first-order chi connectivity index (χ1) is 8.45. The summed E-state index contributed by atoms with van der Waals surface area (Å²) >= 11 is 0. The van der Waals surface area contributed by atoms with Crippen LogP contribution in [0.2, 0.25) is 0 Å². The number of hydrogen-bond acceptors (Lipinski definition) is 4. The number of nitrogens with two attached hydrogens (primary N) is 1. The third-order valence-corrected chi connectivity index (χ3v) is 5.39. The van der Waals surface area contributed by atoms with Crippen LogP contribution in [0.3, 0.4) is 0 Å². The summed E-state index contributed by atoms with van der Waals surface area (Å²) in [5.41, 5.74) is 5.55. The van der Waals surface area contributed by atoms with Crippen molar-refractivity contribution in [1.29, 1.82) is 0 Å². The van der Waals surface area contributed by atoms with Crippen LogP contribution >= 0.6 is 0 Å². The standard InChI is InChI=1S/C12H24N2O3S/c1-3-11(4-2)14(7-6-13)12(15)10-5-8-18(16,17)9-10/h10-11H,3-9,13H2,1-2H3. The summed E-state index contributed by atoms with van der Waals surface area (Å²) < 4.78 is 22.9. The number of amides is 1. The maximum absolute atomic E-state index is 12.4. The fraction of sp³-hybridized carbons (Fsp3) is 0.917. The molecule has 1 rings (SSSR count). The second kappa shape index (κ2) is 6.52. The van der Waals surface area contributed by atoms with E-state index in [1.165, 1.54) is 0 Å². The van der Waals surface area contributed by atoms with Crippen molar-refractivity contribution in [3.63, 3.8) is 0 Å². The highest BCUT2D eigenvalue weighted by molar-refractivity contribution is 7.91. The summed E-state index contributed by atoms with van der Waals surface area (Å²) in [6.45, 7) is 5.01. The Morgan fingerprint density at radius 2 is 2.00 bits per heavy atom. The Hall–Kier alpha value is -0.620. The van der Waals surface area contributed by atoms with Gasteiger partial charge in [-0.15, -0.1) is 0 Å². The molecular formula is C12H24N2O3S. The average molecular weight is 276 g/mol. The van der Waals surface area contributed by atoms with E-state index in [1.54, 1.807) is 4.90 Å². The number of nitrogens with zero attached hydrogens (tertiary/aromatic N) is 1. The predicted molar refractivity (Wildman–Crippen MR) is 71.9 cm³/mol. The number of rotatable bonds is 6. The van der Waals surface area contributed by atoms with E-state index in [1.807, 2.05) is 13.8 Å². The zero-order chi connectivity index (χ0) is 13.8. The summed E-state index contributed by atoms with van der Waals surface area (Å²) in [4.78, 5) is 14.2. The molecule has 5 nitrogen and oxygen atoms in total. The normalized spacial score (nSPS) is 22.3. The Morgan fingerprint density at radius 1 is 1.39 bits per heavy atom. The van der Waals surface area contributed by atoms with Crippen LogP contribution < -0.4 is 5.73 Å². The number of sulfone groups is 1. The molecule has 0 aromatic rings. The van der Waals surface area contributed by atoms with Crippen molar-refractivity contribution < 1.29 is 13.2 Å². The summed E-state index contributed by atoms with van der Waals surface area (Å²) in [7, 11) is -3.01. The molecule has 1 unspecified atom stereocenters. The highest BCUT2D eigenvalue weighted by Gasteiger charge is 2.36. The second-order valence-electron chi connectivity index (χ2n) is 4.89. The summed E-state index contributed by atoms with van der Waals surface area (Å²) in [5, 5.41) is 0. The number of hydrogen-bond donors (Lipinski definition) is 1. The van der Waals surface area contributed by atoms with Crippen LogP contribution in [-0.4, -0.2) is 49.9 Å². The molecule has 0 bridgehead atoms. The third-order valence-electron chi connectivity index (χ3n) is 3.62. The lowest BCUT2D eigenvalue weighted by atomic mass is 10.0. The van der Waals surface area contributed by atoms with Gasteiger partial charge in [-0.05, 0) is 19.3 Å². The molecule has 18 heavy (non-hydrogen) atoms. The van der Waals surface area contributed by atoms with Gasteiger partial charge in [0.15, 0.2) is 9.84 Å². The van der Waals surface area contributed by atoms with Crippen molar-refractivity contribution in [2.45, 2.75) is 39.2 Å². The monoisotopic (exact) mass is 276 g/mol. The van der Waals surface area contributed by atoms with Gasteiger partial charge in [0.05, 0.1) is 17.4 Å². The smallest absolute Gasteiger partial charge is 0.227 e. The topological polar surface area (TPSA) is 80.5 Å². The van der Waals surface area contributed by atoms with Crippen LogP contribution in [0.5, 0.6) is 0 Å². The molecule has 1 saturated heterocycles. The molecule has 0 aromatic heterocycles. The van der Waals surface area contributed by atoms with E-state index >= 15 is 0 Å².